The fraction of sp³-hybridized carbons (Fsp3) is 0.500. The highest BCUT2D eigenvalue weighted by molar-refractivity contribution is 6.21. The van der Waals surface area contributed by atoms with Crippen molar-refractivity contribution in [1.29, 1.82) is 0 Å². The van der Waals surface area contributed by atoms with E-state index >= 15 is 0 Å². The zero-order valence-corrected chi connectivity index (χ0v) is 14.6. The molecule has 0 saturated carbocycles. The molecular weight excluding hydrogens is 324 g/mol. The summed E-state index contributed by atoms with van der Waals surface area (Å²) in [5.74, 6) is -0.848. The summed E-state index contributed by atoms with van der Waals surface area (Å²) in [6, 6.07) is 5.92. The highest BCUT2D eigenvalue weighted by atomic mass is 16.4. The van der Waals surface area contributed by atoms with Gasteiger partial charge >= 0.3 is 0 Å². The molecule has 2 aliphatic heterocycles. The predicted molar refractivity (Wildman–Crippen MR) is 86.5 cm³/mol. The van der Waals surface area contributed by atoms with Crippen molar-refractivity contribution >= 4 is 17.9 Å². The third kappa shape index (κ3) is 2.46. The summed E-state index contributed by atoms with van der Waals surface area (Å²) in [5, 5.41) is 22.2. The number of carboxylic acid groups (broad SMARTS) is 1. The summed E-state index contributed by atoms with van der Waals surface area (Å²) >= 11 is 0. The Morgan fingerprint density at radius 2 is 1.76 bits per heavy atom. The van der Waals surface area contributed by atoms with Crippen LogP contribution in [0.4, 0.5) is 4.79 Å². The summed E-state index contributed by atoms with van der Waals surface area (Å²) in [7, 11) is 0. The van der Waals surface area contributed by atoms with Gasteiger partial charge in [-0.05, 0) is 32.9 Å². The van der Waals surface area contributed by atoms with Crippen LogP contribution >= 0.6 is 0 Å². The molecule has 3 amide bonds. The van der Waals surface area contributed by atoms with E-state index in [1.54, 1.807) is 45.0 Å². The van der Waals surface area contributed by atoms with Crippen molar-refractivity contribution in [1.82, 2.24) is 4.90 Å². The zero-order chi connectivity index (χ0) is 18.6. The van der Waals surface area contributed by atoms with Crippen molar-refractivity contribution in [2.75, 3.05) is 13.1 Å². The van der Waals surface area contributed by atoms with Gasteiger partial charge in [-0.3, -0.25) is 19.0 Å². The Labute approximate surface area is 146 Å². The second kappa shape index (κ2) is 5.64. The number of aliphatic hydroxyl groups is 1. The average Bonchev–Trinajstić information content (AvgIpc) is 2.99. The van der Waals surface area contributed by atoms with Gasteiger partial charge in [-0.2, -0.15) is 0 Å². The van der Waals surface area contributed by atoms with Gasteiger partial charge in [0.15, 0.2) is 0 Å². The van der Waals surface area contributed by atoms with Crippen LogP contribution in [0.3, 0.4) is 0 Å². The Hall–Kier alpha value is -2.25. The summed E-state index contributed by atoms with van der Waals surface area (Å²) < 4.78 is -0.485. The number of hydrogen-bond donors (Lipinski definition) is 1. The number of likely N-dealkylation sites (tertiary alicyclic amines) is 1. The molecule has 0 aliphatic carbocycles. The van der Waals surface area contributed by atoms with Gasteiger partial charge in [0.1, 0.15) is 18.7 Å². The van der Waals surface area contributed by atoms with E-state index in [1.165, 1.54) is 0 Å². The van der Waals surface area contributed by atoms with Crippen molar-refractivity contribution in [2.24, 2.45) is 0 Å². The van der Waals surface area contributed by atoms with E-state index in [4.69, 9.17) is 0 Å². The molecule has 0 aromatic heterocycles. The highest BCUT2D eigenvalue weighted by Gasteiger charge is 2.56. The third-order valence-corrected chi connectivity index (χ3v) is 5.46. The molecule has 7 heteroatoms. The van der Waals surface area contributed by atoms with E-state index in [1.807, 2.05) is 0 Å². The summed E-state index contributed by atoms with van der Waals surface area (Å²) in [6.07, 6.45) is -1.93. The predicted octanol–water partition coefficient (Wildman–Crippen LogP) is 0.374. The number of benzene rings is 1. The fourth-order valence-corrected chi connectivity index (χ4v) is 4.20. The Kier molecular flexibility index (Phi) is 3.96. The molecule has 1 saturated heterocycles. The summed E-state index contributed by atoms with van der Waals surface area (Å²) in [4.78, 5) is 38.3. The molecule has 7 nitrogen and oxygen atoms in total. The van der Waals surface area contributed by atoms with Crippen molar-refractivity contribution in [3.05, 3.63) is 35.4 Å². The zero-order valence-electron chi connectivity index (χ0n) is 14.6. The number of rotatable bonds is 2. The van der Waals surface area contributed by atoms with Crippen LogP contribution in [-0.4, -0.2) is 63.2 Å². The first-order valence-electron chi connectivity index (χ1n) is 8.32. The SMILES string of the molecule is CC(C)(C)[N+]1(C(=O)[O-])C[C@@H](O)C[C@@H]1CN1C(=O)c2ccccc2C1=O. The van der Waals surface area contributed by atoms with Crippen molar-refractivity contribution < 1.29 is 29.1 Å². The van der Waals surface area contributed by atoms with Crippen molar-refractivity contribution in [3.63, 3.8) is 0 Å². The van der Waals surface area contributed by atoms with Crippen LogP contribution in [0.2, 0.25) is 0 Å². The quantitative estimate of drug-likeness (QED) is 0.616. The molecule has 1 N–H and O–H groups in total. The number of fused-ring (bicyclic) bond motifs is 1. The maximum atomic E-state index is 12.6. The molecule has 2 heterocycles. The number of carbonyl (C=O) groups excluding carboxylic acids is 3. The molecule has 1 unspecified atom stereocenters. The second-order valence-electron chi connectivity index (χ2n) is 7.80. The number of hydrogen-bond acceptors (Lipinski definition) is 5. The van der Waals surface area contributed by atoms with Crippen LogP contribution in [0.15, 0.2) is 24.3 Å². The van der Waals surface area contributed by atoms with Gasteiger partial charge in [-0.15, -0.1) is 0 Å². The topological polar surface area (TPSA) is 97.7 Å². The van der Waals surface area contributed by atoms with Crippen LogP contribution in [-0.2, 0) is 0 Å². The maximum absolute atomic E-state index is 12.6. The normalized spacial score (nSPS) is 29.2. The molecule has 1 fully saturated rings. The minimum Gasteiger partial charge on any atom is -0.498 e. The van der Waals surface area contributed by atoms with E-state index in [9.17, 15) is 24.6 Å². The number of carbonyl (C=O) groups is 3. The molecule has 1 aromatic rings. The number of amides is 3. The van der Waals surface area contributed by atoms with Crippen molar-refractivity contribution in [2.45, 2.75) is 44.9 Å². The van der Waals surface area contributed by atoms with Crippen LogP contribution in [0.1, 0.15) is 47.9 Å². The lowest BCUT2D eigenvalue weighted by Gasteiger charge is -2.49. The maximum Gasteiger partial charge on any atom is 0.261 e. The molecule has 3 atom stereocenters. The van der Waals surface area contributed by atoms with Gasteiger partial charge < -0.3 is 15.0 Å². The molecule has 3 rings (SSSR count). The van der Waals surface area contributed by atoms with Gasteiger partial charge in [0.25, 0.3) is 17.9 Å². The molecule has 0 radical (unpaired) electrons. The van der Waals surface area contributed by atoms with E-state index in [0.29, 0.717) is 11.1 Å². The Balaban J connectivity index is 1.96. The fourth-order valence-electron chi connectivity index (χ4n) is 4.20. The number of nitrogens with zero attached hydrogens (tertiary/aromatic N) is 2. The monoisotopic (exact) mass is 346 g/mol. The van der Waals surface area contributed by atoms with E-state index in [-0.39, 0.29) is 19.5 Å². The van der Waals surface area contributed by atoms with E-state index < -0.39 is 40.1 Å². The molecular formula is C18H22N2O5. The lowest BCUT2D eigenvalue weighted by molar-refractivity contribution is -0.930. The Morgan fingerprint density at radius 1 is 1.24 bits per heavy atom. The van der Waals surface area contributed by atoms with E-state index in [0.717, 1.165) is 4.90 Å². The van der Waals surface area contributed by atoms with Gasteiger partial charge in [0.2, 0.25) is 0 Å². The molecule has 1 aromatic carbocycles. The van der Waals surface area contributed by atoms with Gasteiger partial charge in [0, 0.05) is 6.42 Å². The first-order chi connectivity index (χ1) is 11.6. The standard InChI is InChI=1S/C18H22N2O5/c1-18(2,3)20(17(24)25)10-12(21)8-11(20)9-19-15(22)13-6-4-5-7-14(13)16(19)23/h4-7,11-12,21H,8-10H2,1-3H3/t11-,12+,20?/m1/s1. The lowest BCUT2D eigenvalue weighted by Crippen LogP contribution is -2.71. The van der Waals surface area contributed by atoms with Crippen LogP contribution in [0, 0.1) is 0 Å². The summed E-state index contributed by atoms with van der Waals surface area (Å²) in [6.45, 7) is 5.22. The number of quaternary nitrogens is 1. The van der Waals surface area contributed by atoms with Crippen LogP contribution in [0.5, 0.6) is 0 Å². The summed E-state index contributed by atoms with van der Waals surface area (Å²) in [5.41, 5.74) is -0.0960. The van der Waals surface area contributed by atoms with Crippen molar-refractivity contribution in [3.8, 4) is 0 Å². The number of imide groups is 1. The highest BCUT2D eigenvalue weighted by Crippen LogP contribution is 2.38. The van der Waals surface area contributed by atoms with Gasteiger partial charge in [-0.25, -0.2) is 0 Å². The minimum absolute atomic E-state index is 0.000328. The second-order valence-corrected chi connectivity index (χ2v) is 7.80. The third-order valence-electron chi connectivity index (χ3n) is 5.46. The van der Waals surface area contributed by atoms with Gasteiger partial charge in [0.05, 0.1) is 23.2 Å². The molecule has 0 spiro atoms. The van der Waals surface area contributed by atoms with E-state index in [2.05, 4.69) is 0 Å². The molecule has 0 bridgehead atoms. The Morgan fingerprint density at radius 3 is 2.20 bits per heavy atom. The first kappa shape index (κ1) is 17.6. The van der Waals surface area contributed by atoms with Crippen LogP contribution < -0.4 is 5.11 Å². The largest absolute Gasteiger partial charge is 0.498 e. The van der Waals surface area contributed by atoms with Crippen LogP contribution in [0.25, 0.3) is 0 Å². The average molecular weight is 346 g/mol. The van der Waals surface area contributed by atoms with Gasteiger partial charge in [-0.1, -0.05) is 12.1 Å². The molecule has 2 aliphatic rings. The smallest absolute Gasteiger partial charge is 0.261 e. The lowest BCUT2D eigenvalue weighted by atomic mass is 9.99. The number of aliphatic hydroxyl groups excluding tert-OH is 1. The first-order valence-corrected chi connectivity index (χ1v) is 8.32. The Bertz CT molecular complexity index is 719. The molecule has 134 valence electrons. The molecule has 25 heavy (non-hydrogen) atoms. The minimum atomic E-state index is -1.30.